The molecule has 1 rings (SSSR count). The average Bonchev–Trinajstić information content (AvgIpc) is 2.18. The monoisotopic (exact) mass is 210 g/mol. The minimum Gasteiger partial charge on any atom is -0.368 e. The molecule has 1 aromatic rings. The van der Waals surface area contributed by atoms with E-state index in [1.165, 1.54) is 24.3 Å². The number of carbonyl (C=O) groups is 1. The van der Waals surface area contributed by atoms with Crippen molar-refractivity contribution in [2.75, 3.05) is 6.61 Å². The van der Waals surface area contributed by atoms with Gasteiger partial charge in [-0.1, -0.05) is 0 Å². The minimum absolute atomic E-state index is 0.135. The lowest BCUT2D eigenvalue weighted by atomic mass is 9.96. The highest BCUT2D eigenvalue weighted by Gasteiger charge is 2.28. The maximum absolute atomic E-state index is 12.7. The second kappa shape index (κ2) is 4.53. The lowest BCUT2D eigenvalue weighted by Crippen LogP contribution is -2.35. The molecular formula is C12H15FO2. The molecule has 0 bridgehead atoms. The first-order valence-corrected chi connectivity index (χ1v) is 4.91. The third kappa shape index (κ3) is 2.86. The van der Waals surface area contributed by atoms with Gasteiger partial charge in [0.2, 0.25) is 0 Å². The summed E-state index contributed by atoms with van der Waals surface area (Å²) in [7, 11) is 0. The normalized spacial score (nSPS) is 11.5. The average molecular weight is 210 g/mol. The van der Waals surface area contributed by atoms with Crippen molar-refractivity contribution in [2.24, 2.45) is 0 Å². The Labute approximate surface area is 89.1 Å². The molecule has 1 aromatic carbocycles. The van der Waals surface area contributed by atoms with Crippen molar-refractivity contribution in [1.29, 1.82) is 0 Å². The van der Waals surface area contributed by atoms with E-state index in [9.17, 15) is 9.18 Å². The van der Waals surface area contributed by atoms with Crippen molar-refractivity contribution in [3.8, 4) is 0 Å². The van der Waals surface area contributed by atoms with Gasteiger partial charge in [-0.15, -0.1) is 0 Å². The van der Waals surface area contributed by atoms with Crippen molar-refractivity contribution >= 4 is 5.78 Å². The van der Waals surface area contributed by atoms with Crippen LogP contribution in [0.4, 0.5) is 4.39 Å². The van der Waals surface area contributed by atoms with E-state index in [2.05, 4.69) is 0 Å². The van der Waals surface area contributed by atoms with Gasteiger partial charge in [-0.3, -0.25) is 4.79 Å². The molecule has 0 saturated carbocycles. The van der Waals surface area contributed by atoms with E-state index in [0.717, 1.165) is 0 Å². The molecule has 0 fully saturated rings. The van der Waals surface area contributed by atoms with Gasteiger partial charge in [-0.25, -0.2) is 4.39 Å². The van der Waals surface area contributed by atoms with Crippen LogP contribution in [-0.2, 0) is 4.74 Å². The summed E-state index contributed by atoms with van der Waals surface area (Å²) in [6.07, 6.45) is 0. The van der Waals surface area contributed by atoms with Gasteiger partial charge < -0.3 is 4.74 Å². The SMILES string of the molecule is CCOC(C)(C)C(=O)c1ccc(F)cc1. The number of Topliss-reactive ketones (excluding diaryl/α,β-unsaturated/α-hetero) is 1. The van der Waals surface area contributed by atoms with Crippen molar-refractivity contribution < 1.29 is 13.9 Å². The molecule has 0 atom stereocenters. The number of ketones is 1. The summed E-state index contributed by atoms with van der Waals surface area (Å²) in [5.41, 5.74) is -0.387. The van der Waals surface area contributed by atoms with E-state index in [1.807, 2.05) is 6.92 Å². The number of halogens is 1. The minimum atomic E-state index is -0.855. The molecule has 82 valence electrons. The van der Waals surface area contributed by atoms with Gasteiger partial charge in [0.05, 0.1) is 0 Å². The van der Waals surface area contributed by atoms with Crippen molar-refractivity contribution in [1.82, 2.24) is 0 Å². The summed E-state index contributed by atoms with van der Waals surface area (Å²) >= 11 is 0. The van der Waals surface area contributed by atoms with Gasteiger partial charge in [0, 0.05) is 12.2 Å². The molecule has 0 unspecified atom stereocenters. The van der Waals surface area contributed by atoms with Crippen LogP contribution < -0.4 is 0 Å². The maximum Gasteiger partial charge on any atom is 0.194 e. The van der Waals surface area contributed by atoms with E-state index in [1.54, 1.807) is 13.8 Å². The smallest absolute Gasteiger partial charge is 0.194 e. The number of benzene rings is 1. The fourth-order valence-electron chi connectivity index (χ4n) is 1.38. The second-order valence-corrected chi connectivity index (χ2v) is 3.78. The molecule has 0 aromatic heterocycles. The number of rotatable bonds is 4. The first kappa shape index (κ1) is 11.9. The van der Waals surface area contributed by atoms with Gasteiger partial charge in [0.25, 0.3) is 0 Å². The molecule has 0 spiro atoms. The number of hydrogen-bond acceptors (Lipinski definition) is 2. The first-order valence-electron chi connectivity index (χ1n) is 4.91. The summed E-state index contributed by atoms with van der Waals surface area (Å²) in [6.45, 7) is 5.73. The third-order valence-corrected chi connectivity index (χ3v) is 2.16. The summed E-state index contributed by atoms with van der Waals surface area (Å²) in [5.74, 6) is -0.481. The Hall–Kier alpha value is -1.22. The van der Waals surface area contributed by atoms with E-state index < -0.39 is 5.60 Å². The highest BCUT2D eigenvalue weighted by molar-refractivity contribution is 6.01. The fraction of sp³-hybridized carbons (Fsp3) is 0.417. The largest absolute Gasteiger partial charge is 0.368 e. The van der Waals surface area contributed by atoms with E-state index in [0.29, 0.717) is 12.2 Å². The predicted molar refractivity (Wildman–Crippen MR) is 56.4 cm³/mol. The van der Waals surface area contributed by atoms with Crippen LogP contribution in [0.1, 0.15) is 31.1 Å². The first-order chi connectivity index (χ1) is 6.97. The van der Waals surface area contributed by atoms with Gasteiger partial charge in [-0.2, -0.15) is 0 Å². The standard InChI is InChI=1S/C12H15FO2/c1-4-15-12(2,3)11(14)9-5-7-10(13)8-6-9/h5-8H,4H2,1-3H3. The van der Waals surface area contributed by atoms with E-state index in [-0.39, 0.29) is 11.6 Å². The molecule has 0 amide bonds. The number of hydrogen-bond donors (Lipinski definition) is 0. The summed E-state index contributed by atoms with van der Waals surface area (Å²) in [5, 5.41) is 0. The van der Waals surface area contributed by atoms with Gasteiger partial charge >= 0.3 is 0 Å². The van der Waals surface area contributed by atoms with Crippen LogP contribution >= 0.6 is 0 Å². The molecule has 0 aliphatic rings. The fourth-order valence-corrected chi connectivity index (χ4v) is 1.38. The van der Waals surface area contributed by atoms with Gasteiger partial charge in [0.1, 0.15) is 11.4 Å². The molecule has 0 heterocycles. The van der Waals surface area contributed by atoms with Crippen LogP contribution in [0.3, 0.4) is 0 Å². The van der Waals surface area contributed by atoms with E-state index >= 15 is 0 Å². The Morgan fingerprint density at radius 1 is 1.33 bits per heavy atom. The Morgan fingerprint density at radius 2 is 1.87 bits per heavy atom. The molecular weight excluding hydrogens is 195 g/mol. The van der Waals surface area contributed by atoms with Gasteiger partial charge in [-0.05, 0) is 45.0 Å². The second-order valence-electron chi connectivity index (χ2n) is 3.78. The zero-order valence-electron chi connectivity index (χ0n) is 9.21. The summed E-state index contributed by atoms with van der Waals surface area (Å²) in [6, 6.07) is 5.49. The molecule has 3 heteroatoms. The Kier molecular flexibility index (Phi) is 3.58. The molecule has 0 aliphatic carbocycles. The van der Waals surface area contributed by atoms with Crippen molar-refractivity contribution in [2.45, 2.75) is 26.4 Å². The van der Waals surface area contributed by atoms with Crippen LogP contribution in [-0.4, -0.2) is 18.0 Å². The molecule has 15 heavy (non-hydrogen) atoms. The summed E-state index contributed by atoms with van der Waals surface area (Å²) in [4.78, 5) is 11.9. The molecule has 0 N–H and O–H groups in total. The quantitative estimate of drug-likeness (QED) is 0.714. The zero-order chi connectivity index (χ0) is 11.5. The third-order valence-electron chi connectivity index (χ3n) is 2.16. The lowest BCUT2D eigenvalue weighted by Gasteiger charge is -2.22. The van der Waals surface area contributed by atoms with Crippen molar-refractivity contribution in [3.05, 3.63) is 35.6 Å². The highest BCUT2D eigenvalue weighted by Crippen LogP contribution is 2.17. The van der Waals surface area contributed by atoms with Gasteiger partial charge in [0.15, 0.2) is 5.78 Å². The number of carbonyl (C=O) groups excluding carboxylic acids is 1. The Bertz CT molecular complexity index is 341. The zero-order valence-corrected chi connectivity index (χ0v) is 9.21. The highest BCUT2D eigenvalue weighted by atomic mass is 19.1. The van der Waals surface area contributed by atoms with Crippen LogP contribution in [0.5, 0.6) is 0 Å². The van der Waals surface area contributed by atoms with Crippen LogP contribution in [0.15, 0.2) is 24.3 Å². The van der Waals surface area contributed by atoms with E-state index in [4.69, 9.17) is 4.74 Å². The molecule has 2 nitrogen and oxygen atoms in total. The van der Waals surface area contributed by atoms with Crippen LogP contribution in [0, 0.1) is 5.82 Å². The maximum atomic E-state index is 12.7. The predicted octanol–water partition coefficient (Wildman–Crippen LogP) is 2.82. The molecule has 0 saturated heterocycles. The molecule has 0 radical (unpaired) electrons. The van der Waals surface area contributed by atoms with Crippen LogP contribution in [0.2, 0.25) is 0 Å². The topological polar surface area (TPSA) is 26.3 Å². The Balaban J connectivity index is 2.89. The van der Waals surface area contributed by atoms with Crippen molar-refractivity contribution in [3.63, 3.8) is 0 Å². The number of ether oxygens (including phenoxy) is 1. The van der Waals surface area contributed by atoms with Crippen LogP contribution in [0.25, 0.3) is 0 Å². The lowest BCUT2D eigenvalue weighted by molar-refractivity contribution is 0.00125. The molecule has 0 aliphatic heterocycles. The summed E-state index contributed by atoms with van der Waals surface area (Å²) < 4.78 is 18.0. The Morgan fingerprint density at radius 3 is 2.33 bits per heavy atom.